The van der Waals surface area contributed by atoms with E-state index in [0.29, 0.717) is 35.3 Å². The summed E-state index contributed by atoms with van der Waals surface area (Å²) in [5.74, 6) is 1.44. The second-order valence-electron chi connectivity index (χ2n) is 6.60. The first-order valence-electron chi connectivity index (χ1n) is 9.40. The molecule has 2 aromatic heterocycles. The summed E-state index contributed by atoms with van der Waals surface area (Å²) in [6.07, 6.45) is 3.41. The Morgan fingerprint density at radius 2 is 2.17 bits per heavy atom. The lowest BCUT2D eigenvalue weighted by Gasteiger charge is -2.18. The highest BCUT2D eigenvalue weighted by Crippen LogP contribution is 2.28. The maximum absolute atomic E-state index is 12.3. The lowest BCUT2D eigenvalue weighted by Crippen LogP contribution is -2.27. The number of rotatable bonds is 8. The Hall–Kier alpha value is -3.20. The summed E-state index contributed by atoms with van der Waals surface area (Å²) in [5, 5.41) is 11.6. The van der Waals surface area contributed by atoms with E-state index < -0.39 is 0 Å². The molecular weight excluding hydrogens is 392 g/mol. The average molecular weight is 412 g/mol. The van der Waals surface area contributed by atoms with Gasteiger partial charge in [-0.25, -0.2) is 0 Å². The van der Waals surface area contributed by atoms with E-state index in [4.69, 9.17) is 9.26 Å². The van der Waals surface area contributed by atoms with Gasteiger partial charge >= 0.3 is 0 Å². The fourth-order valence-electron chi connectivity index (χ4n) is 2.97. The summed E-state index contributed by atoms with van der Waals surface area (Å²) < 4.78 is 10.6. The van der Waals surface area contributed by atoms with Crippen molar-refractivity contribution in [2.75, 3.05) is 18.5 Å². The first kappa shape index (κ1) is 19.1. The maximum atomic E-state index is 12.3. The predicted molar refractivity (Wildman–Crippen MR) is 108 cm³/mol. The largest absolute Gasteiger partial charge is 0.482 e. The molecule has 1 aromatic carbocycles. The van der Waals surface area contributed by atoms with E-state index in [-0.39, 0.29) is 18.4 Å². The number of aryl methyl sites for hydroxylation is 1. The summed E-state index contributed by atoms with van der Waals surface area (Å²) >= 11 is 1.58. The van der Waals surface area contributed by atoms with Gasteiger partial charge in [0.1, 0.15) is 5.75 Å². The summed E-state index contributed by atoms with van der Waals surface area (Å²) in [6, 6.07) is 8.93. The molecule has 29 heavy (non-hydrogen) atoms. The summed E-state index contributed by atoms with van der Waals surface area (Å²) in [5.41, 5.74) is 1.01. The van der Waals surface area contributed by atoms with Crippen LogP contribution in [-0.2, 0) is 11.2 Å². The van der Waals surface area contributed by atoms with Gasteiger partial charge in [-0.05, 0) is 42.5 Å². The molecule has 0 unspecified atom stereocenters. The van der Waals surface area contributed by atoms with Gasteiger partial charge in [0.05, 0.1) is 10.6 Å². The minimum Gasteiger partial charge on any atom is -0.482 e. The van der Waals surface area contributed by atoms with Gasteiger partial charge in [0.25, 0.3) is 11.8 Å². The number of carbonyl (C=O) groups is 2. The third-order valence-electron chi connectivity index (χ3n) is 4.44. The second-order valence-corrected chi connectivity index (χ2v) is 7.55. The van der Waals surface area contributed by atoms with E-state index in [2.05, 4.69) is 20.8 Å². The number of unbranched alkanes of at least 4 members (excludes halogenated alkanes) is 2. The molecular formula is C20H20N4O4S. The molecule has 3 heterocycles. The Balaban J connectivity index is 1.17. The molecule has 4 rings (SSSR count). The number of amides is 2. The van der Waals surface area contributed by atoms with E-state index in [0.717, 1.165) is 30.6 Å². The number of benzene rings is 1. The molecule has 0 spiro atoms. The third-order valence-corrected chi connectivity index (χ3v) is 5.30. The zero-order valence-electron chi connectivity index (χ0n) is 15.6. The van der Waals surface area contributed by atoms with Crippen LogP contribution < -0.4 is 15.4 Å². The SMILES string of the molecule is O=C1COc2ccc(C(=O)NCCCCCc3nc(-c4cccs4)no3)cc2N1. The highest BCUT2D eigenvalue weighted by atomic mass is 32.1. The van der Waals surface area contributed by atoms with E-state index in [1.807, 2.05) is 17.5 Å². The van der Waals surface area contributed by atoms with Crippen molar-refractivity contribution >= 4 is 28.8 Å². The van der Waals surface area contributed by atoms with E-state index in [9.17, 15) is 9.59 Å². The second kappa shape index (κ2) is 8.87. The Morgan fingerprint density at radius 3 is 3.03 bits per heavy atom. The van der Waals surface area contributed by atoms with Gasteiger partial charge in [-0.3, -0.25) is 9.59 Å². The fraction of sp³-hybridized carbons (Fsp3) is 0.300. The number of carbonyl (C=O) groups excluding carboxylic acids is 2. The van der Waals surface area contributed by atoms with Crippen LogP contribution >= 0.6 is 11.3 Å². The minimum atomic E-state index is -0.223. The molecule has 2 amide bonds. The van der Waals surface area contributed by atoms with E-state index in [1.54, 1.807) is 29.5 Å². The molecule has 0 radical (unpaired) electrons. The number of fused-ring (bicyclic) bond motifs is 1. The molecule has 1 aliphatic heterocycles. The van der Waals surface area contributed by atoms with Crippen molar-refractivity contribution in [3.63, 3.8) is 0 Å². The van der Waals surface area contributed by atoms with Crippen molar-refractivity contribution in [1.29, 1.82) is 0 Å². The van der Waals surface area contributed by atoms with Crippen LogP contribution in [0.1, 0.15) is 35.5 Å². The van der Waals surface area contributed by atoms with Crippen LogP contribution in [0.5, 0.6) is 5.75 Å². The lowest BCUT2D eigenvalue weighted by atomic mass is 10.1. The molecule has 0 saturated heterocycles. The van der Waals surface area contributed by atoms with Gasteiger partial charge in [-0.15, -0.1) is 11.3 Å². The van der Waals surface area contributed by atoms with Crippen LogP contribution in [0.15, 0.2) is 40.2 Å². The van der Waals surface area contributed by atoms with Gasteiger partial charge in [-0.1, -0.05) is 17.6 Å². The van der Waals surface area contributed by atoms with Crippen LogP contribution in [0.4, 0.5) is 5.69 Å². The standard InChI is InChI=1S/C20H20N4O4S/c25-17-12-27-15-8-7-13(11-14(15)22-17)20(26)21-9-3-1-2-6-18-23-19(24-28-18)16-5-4-10-29-16/h4-5,7-8,10-11H,1-3,6,9,12H2,(H,21,26)(H,22,25). The number of aromatic nitrogens is 2. The smallest absolute Gasteiger partial charge is 0.262 e. The monoisotopic (exact) mass is 412 g/mol. The predicted octanol–water partition coefficient (Wildman–Crippen LogP) is 3.27. The molecule has 0 bridgehead atoms. The Morgan fingerprint density at radius 1 is 1.24 bits per heavy atom. The van der Waals surface area contributed by atoms with Crippen LogP contribution in [0.3, 0.4) is 0 Å². The Bertz CT molecular complexity index is 1000. The molecule has 0 atom stereocenters. The zero-order valence-corrected chi connectivity index (χ0v) is 16.5. The van der Waals surface area contributed by atoms with Gasteiger partial charge in [0, 0.05) is 18.5 Å². The molecule has 150 valence electrons. The number of nitrogens with one attached hydrogen (secondary N) is 2. The molecule has 8 nitrogen and oxygen atoms in total. The molecule has 3 aromatic rings. The first-order valence-corrected chi connectivity index (χ1v) is 10.3. The Kier molecular flexibility index (Phi) is 5.85. The average Bonchev–Trinajstić information content (AvgIpc) is 3.41. The van der Waals surface area contributed by atoms with Crippen molar-refractivity contribution in [3.05, 3.63) is 47.2 Å². The fourth-order valence-corrected chi connectivity index (χ4v) is 3.62. The number of hydrogen-bond acceptors (Lipinski definition) is 7. The van der Waals surface area contributed by atoms with Crippen LogP contribution in [0, 0.1) is 0 Å². The van der Waals surface area contributed by atoms with E-state index >= 15 is 0 Å². The molecule has 0 fully saturated rings. The number of hydrogen-bond donors (Lipinski definition) is 2. The van der Waals surface area contributed by atoms with Crippen molar-refractivity contribution in [1.82, 2.24) is 15.5 Å². The van der Waals surface area contributed by atoms with Crippen LogP contribution in [-0.4, -0.2) is 35.1 Å². The van der Waals surface area contributed by atoms with Crippen LogP contribution in [0.2, 0.25) is 0 Å². The number of ether oxygens (including phenoxy) is 1. The van der Waals surface area contributed by atoms with Crippen LogP contribution in [0.25, 0.3) is 10.7 Å². The highest BCUT2D eigenvalue weighted by molar-refractivity contribution is 7.13. The van der Waals surface area contributed by atoms with Gasteiger partial charge in [0.15, 0.2) is 6.61 Å². The molecule has 9 heteroatoms. The van der Waals surface area contributed by atoms with Crippen molar-refractivity contribution in [2.45, 2.75) is 25.7 Å². The summed E-state index contributed by atoms with van der Waals surface area (Å²) in [6.45, 7) is 0.570. The number of thiophene rings is 1. The third kappa shape index (κ3) is 4.80. The number of nitrogens with zero attached hydrogens (tertiary/aromatic N) is 2. The van der Waals surface area contributed by atoms with Crippen molar-refractivity contribution < 1.29 is 18.8 Å². The van der Waals surface area contributed by atoms with Gasteiger partial charge in [-0.2, -0.15) is 4.98 Å². The lowest BCUT2D eigenvalue weighted by molar-refractivity contribution is -0.118. The summed E-state index contributed by atoms with van der Waals surface area (Å²) in [4.78, 5) is 29.1. The summed E-state index contributed by atoms with van der Waals surface area (Å²) in [7, 11) is 0. The van der Waals surface area contributed by atoms with Crippen molar-refractivity contribution in [3.8, 4) is 16.5 Å². The molecule has 0 saturated carbocycles. The molecule has 0 aliphatic carbocycles. The molecule has 2 N–H and O–H groups in total. The maximum Gasteiger partial charge on any atom is 0.262 e. The van der Waals surface area contributed by atoms with Gasteiger partial charge in [0.2, 0.25) is 11.7 Å². The zero-order chi connectivity index (χ0) is 20.1. The van der Waals surface area contributed by atoms with E-state index in [1.165, 1.54) is 0 Å². The number of anilines is 1. The minimum absolute atomic E-state index is 0.00250. The van der Waals surface area contributed by atoms with Gasteiger partial charge < -0.3 is 19.9 Å². The highest BCUT2D eigenvalue weighted by Gasteiger charge is 2.17. The first-order chi connectivity index (χ1) is 14.2. The van der Waals surface area contributed by atoms with Crippen molar-refractivity contribution in [2.24, 2.45) is 0 Å². The Labute approximate surface area is 171 Å². The topological polar surface area (TPSA) is 106 Å². The quantitative estimate of drug-likeness (QED) is 0.550. The normalized spacial score (nSPS) is 12.8. The molecule has 1 aliphatic rings.